The molecule has 0 aliphatic carbocycles. The van der Waals surface area contributed by atoms with Crippen molar-refractivity contribution in [2.24, 2.45) is 5.92 Å². The molecule has 0 amide bonds. The molecule has 160 valence electrons. The summed E-state index contributed by atoms with van der Waals surface area (Å²) in [6.07, 6.45) is 1.10. The van der Waals surface area contributed by atoms with Gasteiger partial charge in [-0.2, -0.15) is 4.98 Å². The number of nitrogens with zero attached hydrogens (tertiary/aromatic N) is 2. The Labute approximate surface area is 183 Å². The first kappa shape index (κ1) is 21.1. The van der Waals surface area contributed by atoms with E-state index in [1.54, 1.807) is 12.1 Å². The highest BCUT2D eigenvalue weighted by Gasteiger charge is 2.28. The predicted molar refractivity (Wildman–Crippen MR) is 123 cm³/mol. The molecule has 0 radical (unpaired) electrons. The van der Waals surface area contributed by atoms with Gasteiger partial charge in [-0.25, -0.2) is 4.39 Å². The van der Waals surface area contributed by atoms with Crippen LogP contribution >= 0.6 is 0 Å². The van der Waals surface area contributed by atoms with E-state index in [0.29, 0.717) is 23.3 Å². The largest absolute Gasteiger partial charge is 0.474 e. The summed E-state index contributed by atoms with van der Waals surface area (Å²) in [5.74, 6) is 1.39. The Bertz CT molecular complexity index is 1010. The molecule has 2 heterocycles. The molecule has 1 aliphatic rings. The van der Waals surface area contributed by atoms with E-state index >= 15 is 0 Å². The number of pyridine rings is 1. The molecule has 31 heavy (non-hydrogen) atoms. The molecule has 2 aromatic carbocycles. The number of hydrogen-bond acceptors (Lipinski definition) is 4. The van der Waals surface area contributed by atoms with Crippen molar-refractivity contribution < 1.29 is 9.13 Å². The number of hydrogen-bond donors (Lipinski definition) is 1. The molecular weight excluding hydrogens is 389 g/mol. The fraction of sp³-hybridized carbons (Fsp3) is 0.269. The van der Waals surface area contributed by atoms with Crippen LogP contribution in [0, 0.1) is 11.7 Å². The second-order valence-electron chi connectivity index (χ2n) is 8.11. The summed E-state index contributed by atoms with van der Waals surface area (Å²) in [6.45, 7) is 9.24. The lowest BCUT2D eigenvalue weighted by Crippen LogP contribution is -2.44. The monoisotopic (exact) mass is 417 g/mol. The van der Waals surface area contributed by atoms with Gasteiger partial charge in [0, 0.05) is 37.3 Å². The highest BCUT2D eigenvalue weighted by molar-refractivity contribution is 5.73. The quantitative estimate of drug-likeness (QED) is 0.544. The van der Waals surface area contributed by atoms with Crippen LogP contribution in [0.3, 0.4) is 0 Å². The Kier molecular flexibility index (Phi) is 6.63. The molecule has 2 atom stereocenters. The molecule has 3 aromatic rings. The van der Waals surface area contributed by atoms with Crippen molar-refractivity contribution in [2.45, 2.75) is 26.0 Å². The first-order valence-corrected chi connectivity index (χ1v) is 10.7. The molecule has 0 bridgehead atoms. The zero-order chi connectivity index (χ0) is 21.6. The van der Waals surface area contributed by atoms with Gasteiger partial charge < -0.3 is 10.1 Å². The normalized spacial score (nSPS) is 19.0. The van der Waals surface area contributed by atoms with Gasteiger partial charge in [0.1, 0.15) is 17.7 Å². The molecule has 1 aliphatic heterocycles. The van der Waals surface area contributed by atoms with Crippen molar-refractivity contribution in [2.75, 3.05) is 18.4 Å². The summed E-state index contributed by atoms with van der Waals surface area (Å²) < 4.78 is 19.4. The molecule has 4 rings (SSSR count). The smallest absolute Gasteiger partial charge is 0.215 e. The second-order valence-corrected chi connectivity index (χ2v) is 8.11. The Morgan fingerprint density at radius 2 is 1.87 bits per heavy atom. The molecule has 1 saturated heterocycles. The number of anilines is 1. The van der Waals surface area contributed by atoms with Gasteiger partial charge >= 0.3 is 0 Å². The van der Waals surface area contributed by atoms with Crippen LogP contribution in [0.1, 0.15) is 24.5 Å². The molecule has 0 saturated carbocycles. The fourth-order valence-electron chi connectivity index (χ4n) is 3.95. The molecule has 0 spiro atoms. The van der Waals surface area contributed by atoms with Crippen LogP contribution in [0.5, 0.6) is 5.88 Å². The molecule has 1 N–H and O–H groups in total. The van der Waals surface area contributed by atoms with E-state index in [2.05, 4.69) is 59.0 Å². The van der Waals surface area contributed by atoms with E-state index in [9.17, 15) is 4.39 Å². The van der Waals surface area contributed by atoms with Crippen LogP contribution in [0.15, 0.2) is 79.4 Å². The van der Waals surface area contributed by atoms with Gasteiger partial charge in [0.15, 0.2) is 0 Å². The first-order valence-electron chi connectivity index (χ1n) is 10.7. The summed E-state index contributed by atoms with van der Waals surface area (Å²) in [4.78, 5) is 7.07. The van der Waals surface area contributed by atoms with Crippen LogP contribution in [-0.4, -0.2) is 29.1 Å². The van der Waals surface area contributed by atoms with Crippen molar-refractivity contribution >= 4 is 11.5 Å². The highest BCUT2D eigenvalue weighted by atomic mass is 19.1. The maximum atomic E-state index is 13.1. The summed E-state index contributed by atoms with van der Waals surface area (Å²) in [6, 6.07) is 22.5. The third kappa shape index (κ3) is 5.70. The maximum Gasteiger partial charge on any atom is 0.215 e. The van der Waals surface area contributed by atoms with E-state index in [4.69, 9.17) is 4.74 Å². The Balaban J connectivity index is 1.33. The van der Waals surface area contributed by atoms with Crippen molar-refractivity contribution in [3.63, 3.8) is 0 Å². The third-order valence-corrected chi connectivity index (χ3v) is 5.63. The average Bonchev–Trinajstić information content (AvgIpc) is 2.77. The number of piperidine rings is 1. The average molecular weight is 418 g/mol. The van der Waals surface area contributed by atoms with E-state index in [0.717, 1.165) is 31.6 Å². The number of likely N-dealkylation sites (tertiary alicyclic amines) is 1. The van der Waals surface area contributed by atoms with Gasteiger partial charge in [0.05, 0.1) is 0 Å². The number of aromatic nitrogens is 1. The maximum absolute atomic E-state index is 13.1. The van der Waals surface area contributed by atoms with Gasteiger partial charge in [-0.15, -0.1) is 0 Å². The minimum absolute atomic E-state index is 0.134. The Morgan fingerprint density at radius 1 is 1.10 bits per heavy atom. The molecule has 1 unspecified atom stereocenters. The van der Waals surface area contributed by atoms with E-state index in [-0.39, 0.29) is 11.9 Å². The molecule has 1 aromatic heterocycles. The van der Waals surface area contributed by atoms with Crippen LogP contribution in [0.2, 0.25) is 0 Å². The van der Waals surface area contributed by atoms with Gasteiger partial charge in [0.25, 0.3) is 0 Å². The summed E-state index contributed by atoms with van der Waals surface area (Å²) >= 11 is 0. The predicted octanol–water partition coefficient (Wildman–Crippen LogP) is 5.59. The van der Waals surface area contributed by atoms with Crippen LogP contribution < -0.4 is 10.1 Å². The number of ether oxygens (including phenoxy) is 1. The van der Waals surface area contributed by atoms with Crippen LogP contribution in [0.4, 0.5) is 10.2 Å². The Hall–Kier alpha value is -3.18. The van der Waals surface area contributed by atoms with Crippen molar-refractivity contribution in [1.82, 2.24) is 9.88 Å². The number of rotatable bonds is 7. The van der Waals surface area contributed by atoms with Gasteiger partial charge in [0.2, 0.25) is 5.88 Å². The molecule has 5 heteroatoms. The highest BCUT2D eigenvalue weighted by Crippen LogP contribution is 2.25. The number of benzene rings is 2. The summed E-state index contributed by atoms with van der Waals surface area (Å²) in [5, 5.41) is 3.18. The zero-order valence-corrected chi connectivity index (χ0v) is 17.8. The van der Waals surface area contributed by atoms with E-state index in [1.165, 1.54) is 17.7 Å². The van der Waals surface area contributed by atoms with Gasteiger partial charge in [-0.05, 0) is 35.7 Å². The lowest BCUT2D eigenvalue weighted by atomic mass is 9.96. The lowest BCUT2D eigenvalue weighted by Gasteiger charge is -2.36. The zero-order valence-electron chi connectivity index (χ0n) is 17.8. The SMILES string of the molecule is C=C(Nc1cccc(OC2CCN(Cc3ccccc3)C[C@H]2C)n1)c1ccc(F)cc1. The van der Waals surface area contributed by atoms with E-state index in [1.807, 2.05) is 18.2 Å². The van der Waals surface area contributed by atoms with Crippen LogP contribution in [0.25, 0.3) is 5.70 Å². The standard InChI is InChI=1S/C26H28FN3O/c1-19-17-30(18-21-7-4-3-5-8-21)16-15-24(19)31-26-10-6-9-25(29-26)28-20(2)22-11-13-23(27)14-12-22/h3-14,19,24H,2,15-18H2,1H3,(H,28,29)/t19-,24?/m1/s1. The minimum atomic E-state index is -0.269. The van der Waals surface area contributed by atoms with Gasteiger partial charge in [-0.3, -0.25) is 4.90 Å². The lowest BCUT2D eigenvalue weighted by molar-refractivity contribution is 0.0462. The topological polar surface area (TPSA) is 37.4 Å². The number of nitrogens with one attached hydrogen (secondary N) is 1. The number of halogens is 1. The second kappa shape index (κ2) is 9.75. The minimum Gasteiger partial charge on any atom is -0.474 e. The van der Waals surface area contributed by atoms with Crippen molar-refractivity contribution in [3.8, 4) is 5.88 Å². The first-order chi connectivity index (χ1) is 15.1. The molecule has 1 fully saturated rings. The van der Waals surface area contributed by atoms with Crippen molar-refractivity contribution in [1.29, 1.82) is 0 Å². The summed E-state index contributed by atoms with van der Waals surface area (Å²) in [5.41, 5.74) is 2.82. The third-order valence-electron chi connectivity index (χ3n) is 5.63. The van der Waals surface area contributed by atoms with Crippen molar-refractivity contribution in [3.05, 3.63) is 96.3 Å². The fourth-order valence-corrected chi connectivity index (χ4v) is 3.95. The molecular formula is C26H28FN3O. The summed E-state index contributed by atoms with van der Waals surface area (Å²) in [7, 11) is 0. The van der Waals surface area contributed by atoms with E-state index < -0.39 is 0 Å². The van der Waals surface area contributed by atoms with Crippen LogP contribution in [-0.2, 0) is 6.54 Å². The van der Waals surface area contributed by atoms with Gasteiger partial charge in [-0.1, -0.05) is 62.0 Å². The Morgan fingerprint density at radius 3 is 2.61 bits per heavy atom. The molecule has 4 nitrogen and oxygen atoms in total.